The first-order chi connectivity index (χ1) is 19.6. The molecule has 1 aliphatic heterocycles. The van der Waals surface area contributed by atoms with Gasteiger partial charge in [0.2, 0.25) is 0 Å². The monoisotopic (exact) mass is 576 g/mol. The minimum absolute atomic E-state index is 0.0899. The Morgan fingerprint density at radius 3 is 2.56 bits per heavy atom. The van der Waals surface area contributed by atoms with Gasteiger partial charge in [0.1, 0.15) is 18.0 Å². The number of carbonyl (C=O) groups excluding carboxylic acids is 1. The van der Waals surface area contributed by atoms with E-state index in [0.29, 0.717) is 33.9 Å². The number of carbonyl (C=O) groups is 1. The van der Waals surface area contributed by atoms with Crippen LogP contribution in [-0.4, -0.2) is 32.2 Å². The van der Waals surface area contributed by atoms with E-state index >= 15 is 0 Å². The Morgan fingerprint density at radius 2 is 1.90 bits per heavy atom. The quantitative estimate of drug-likeness (QED) is 0.222. The molecule has 3 heterocycles. The number of alkyl halides is 4. The topological polar surface area (TPSA) is 124 Å². The van der Waals surface area contributed by atoms with Crippen LogP contribution >= 0.6 is 11.6 Å². The third kappa shape index (κ3) is 5.30. The lowest BCUT2D eigenvalue weighted by Crippen LogP contribution is -2.24. The molecule has 13 heteroatoms. The van der Waals surface area contributed by atoms with Crippen molar-refractivity contribution < 1.29 is 18.0 Å². The highest BCUT2D eigenvalue weighted by molar-refractivity contribution is 6.17. The molecule has 2 aromatic carbocycles. The molecule has 0 aliphatic carbocycles. The molecule has 4 aromatic rings. The first-order valence-corrected chi connectivity index (χ1v) is 12.8. The zero-order chi connectivity index (χ0) is 29.3. The number of hydrogen-bond donors (Lipinski definition) is 1. The number of pyridine rings is 1. The molecule has 1 N–H and O–H groups in total. The third-order valence-electron chi connectivity index (χ3n) is 6.60. The standard InChI is InChI=1S/C28H20ClF3N8O/c1-39-15-36-38-26(39)19-4-3-16(13-34)7-20(19)18-10-24(35-6-2-5-33)37-25(11-18)40-14-22-21(27(40)41)8-17(12-29)9-23(22)28(30,31)32/h3-4,7-11,15H,2,6,12,14H2,1H3,(H,35,37). The Labute approximate surface area is 237 Å². The molecule has 9 nitrogen and oxygen atoms in total. The van der Waals surface area contributed by atoms with E-state index in [0.717, 1.165) is 6.07 Å². The van der Waals surface area contributed by atoms with Crippen LogP contribution in [0.3, 0.4) is 0 Å². The van der Waals surface area contributed by atoms with Crippen LogP contribution in [0.5, 0.6) is 0 Å². The molecule has 0 atom stereocenters. The Morgan fingerprint density at radius 1 is 1.10 bits per heavy atom. The second-order valence-corrected chi connectivity index (χ2v) is 9.53. The number of rotatable bonds is 7. The Bertz CT molecular complexity index is 1750. The number of nitrogens with one attached hydrogen (secondary N) is 1. The van der Waals surface area contributed by atoms with Crippen LogP contribution in [0, 0.1) is 22.7 Å². The molecule has 1 aliphatic rings. The van der Waals surface area contributed by atoms with Crippen LogP contribution in [0.1, 0.15) is 39.0 Å². The van der Waals surface area contributed by atoms with Crippen molar-refractivity contribution in [2.45, 2.75) is 25.0 Å². The number of nitriles is 2. The number of halogens is 4. The maximum Gasteiger partial charge on any atom is 0.416 e. The predicted octanol–water partition coefficient (Wildman–Crippen LogP) is 5.66. The fraction of sp³-hybridized carbons (Fsp3) is 0.214. The highest BCUT2D eigenvalue weighted by Crippen LogP contribution is 2.41. The lowest BCUT2D eigenvalue weighted by atomic mass is 9.97. The third-order valence-corrected chi connectivity index (χ3v) is 6.91. The van der Waals surface area contributed by atoms with E-state index in [9.17, 15) is 23.2 Å². The van der Waals surface area contributed by atoms with Crippen molar-refractivity contribution in [1.82, 2.24) is 19.7 Å². The lowest BCUT2D eigenvalue weighted by molar-refractivity contribution is -0.138. The average Bonchev–Trinajstić information content (AvgIpc) is 3.54. The Kier molecular flexibility index (Phi) is 7.35. The molecule has 0 radical (unpaired) electrons. The summed E-state index contributed by atoms with van der Waals surface area (Å²) in [5, 5.41) is 29.7. The lowest BCUT2D eigenvalue weighted by Gasteiger charge is -2.19. The maximum atomic E-state index is 14.0. The van der Waals surface area contributed by atoms with Gasteiger partial charge in [-0.3, -0.25) is 9.69 Å². The summed E-state index contributed by atoms with van der Waals surface area (Å²) in [5.41, 5.74) is 1.08. The maximum absolute atomic E-state index is 14.0. The van der Waals surface area contributed by atoms with Gasteiger partial charge in [-0.1, -0.05) is 0 Å². The molecule has 0 saturated carbocycles. The molecule has 0 unspecified atom stereocenters. The number of benzene rings is 2. The number of fused-ring (bicyclic) bond motifs is 1. The van der Waals surface area contributed by atoms with Gasteiger partial charge in [0.05, 0.1) is 36.2 Å². The minimum atomic E-state index is -4.69. The van der Waals surface area contributed by atoms with Crippen LogP contribution in [0.4, 0.5) is 24.8 Å². The normalized spacial score (nSPS) is 12.7. The van der Waals surface area contributed by atoms with Crippen LogP contribution < -0.4 is 10.2 Å². The van der Waals surface area contributed by atoms with E-state index in [2.05, 4.69) is 26.6 Å². The van der Waals surface area contributed by atoms with Gasteiger partial charge in [-0.15, -0.1) is 21.8 Å². The van der Waals surface area contributed by atoms with Crippen molar-refractivity contribution in [3.05, 3.63) is 76.6 Å². The summed E-state index contributed by atoms with van der Waals surface area (Å²) in [6, 6.07) is 14.7. The van der Waals surface area contributed by atoms with Crippen LogP contribution in [0.25, 0.3) is 22.5 Å². The van der Waals surface area contributed by atoms with E-state index in [1.807, 2.05) is 6.07 Å². The number of aryl methyl sites for hydroxylation is 1. The SMILES string of the molecule is Cn1cnnc1-c1ccc(C#N)cc1-c1cc(NCCC#N)nc(N2Cc3c(cc(CCl)cc3C(F)(F)F)C2=O)c1. The van der Waals surface area contributed by atoms with Gasteiger partial charge in [-0.2, -0.15) is 23.7 Å². The van der Waals surface area contributed by atoms with Gasteiger partial charge in [0.25, 0.3) is 5.91 Å². The van der Waals surface area contributed by atoms with Gasteiger partial charge in [-0.05, 0) is 64.7 Å². The number of amides is 1. The summed E-state index contributed by atoms with van der Waals surface area (Å²) in [6.45, 7) is -0.111. The van der Waals surface area contributed by atoms with E-state index in [1.165, 1.54) is 17.3 Å². The molecule has 206 valence electrons. The van der Waals surface area contributed by atoms with Crippen molar-refractivity contribution in [2.24, 2.45) is 7.05 Å². The Hall–Kier alpha value is -4.94. The van der Waals surface area contributed by atoms with E-state index in [-0.39, 0.29) is 47.9 Å². The summed E-state index contributed by atoms with van der Waals surface area (Å²) in [7, 11) is 1.76. The number of hydrogen-bond acceptors (Lipinski definition) is 7. The van der Waals surface area contributed by atoms with Gasteiger partial charge < -0.3 is 9.88 Å². The summed E-state index contributed by atoms with van der Waals surface area (Å²) >= 11 is 5.84. The largest absolute Gasteiger partial charge is 0.416 e. The minimum Gasteiger partial charge on any atom is -0.369 e. The first-order valence-electron chi connectivity index (χ1n) is 12.3. The van der Waals surface area contributed by atoms with Crippen molar-refractivity contribution in [1.29, 1.82) is 10.5 Å². The second kappa shape index (κ2) is 10.9. The highest BCUT2D eigenvalue weighted by atomic mass is 35.5. The van der Waals surface area contributed by atoms with Crippen LogP contribution in [-0.2, 0) is 25.6 Å². The van der Waals surface area contributed by atoms with Crippen molar-refractivity contribution >= 4 is 29.1 Å². The molecule has 0 saturated heterocycles. The summed E-state index contributed by atoms with van der Waals surface area (Å²) in [5.74, 6) is 0.0549. The second-order valence-electron chi connectivity index (χ2n) is 9.26. The average molecular weight is 577 g/mol. The fourth-order valence-corrected chi connectivity index (χ4v) is 4.86. The molecule has 5 rings (SSSR count). The number of nitrogens with zero attached hydrogens (tertiary/aromatic N) is 7. The number of anilines is 2. The van der Waals surface area contributed by atoms with Gasteiger partial charge in [0.15, 0.2) is 5.82 Å². The molecule has 0 bridgehead atoms. The molecule has 41 heavy (non-hydrogen) atoms. The summed E-state index contributed by atoms with van der Waals surface area (Å²) in [6.07, 6.45) is -3.00. The van der Waals surface area contributed by atoms with E-state index in [4.69, 9.17) is 16.9 Å². The van der Waals surface area contributed by atoms with Crippen LogP contribution in [0.15, 0.2) is 48.8 Å². The molecular formula is C28H20ClF3N8O. The molecule has 0 fully saturated rings. The van der Waals surface area contributed by atoms with Gasteiger partial charge in [-0.25, -0.2) is 4.98 Å². The van der Waals surface area contributed by atoms with Crippen molar-refractivity contribution in [3.8, 4) is 34.7 Å². The van der Waals surface area contributed by atoms with Crippen molar-refractivity contribution in [3.63, 3.8) is 0 Å². The molecule has 2 aromatic heterocycles. The molecular weight excluding hydrogens is 557 g/mol. The zero-order valence-electron chi connectivity index (χ0n) is 21.5. The van der Waals surface area contributed by atoms with Gasteiger partial charge in [0, 0.05) is 30.6 Å². The molecule has 0 spiro atoms. The van der Waals surface area contributed by atoms with Crippen molar-refractivity contribution in [2.75, 3.05) is 16.8 Å². The molecule has 1 amide bonds. The zero-order valence-corrected chi connectivity index (χ0v) is 22.3. The summed E-state index contributed by atoms with van der Waals surface area (Å²) in [4.78, 5) is 19.2. The van der Waals surface area contributed by atoms with Gasteiger partial charge >= 0.3 is 6.18 Å². The smallest absolute Gasteiger partial charge is 0.369 e. The predicted molar refractivity (Wildman–Crippen MR) is 145 cm³/mol. The van der Waals surface area contributed by atoms with E-state index in [1.54, 1.807) is 41.9 Å². The Balaban J connectivity index is 1.67. The highest BCUT2D eigenvalue weighted by Gasteiger charge is 2.41. The first kappa shape index (κ1) is 27.6. The van der Waals surface area contributed by atoms with E-state index < -0.39 is 17.6 Å². The summed E-state index contributed by atoms with van der Waals surface area (Å²) < 4.78 is 43.6. The number of aromatic nitrogens is 4. The van der Waals surface area contributed by atoms with Crippen LogP contribution in [0.2, 0.25) is 0 Å². The fourth-order valence-electron chi connectivity index (χ4n) is 4.70.